The smallest absolute Gasteiger partial charge is 0.315 e. The van der Waals surface area contributed by atoms with Gasteiger partial charge in [0.15, 0.2) is 0 Å². The van der Waals surface area contributed by atoms with Gasteiger partial charge in [-0.25, -0.2) is 4.79 Å². The van der Waals surface area contributed by atoms with Gasteiger partial charge in [0.05, 0.1) is 12.1 Å². The number of piperidine rings is 2. The van der Waals surface area contributed by atoms with Crippen LogP contribution in [0.1, 0.15) is 125 Å². The molecule has 4 aliphatic carbocycles. The van der Waals surface area contributed by atoms with Crippen LogP contribution in [-0.4, -0.2) is 95.0 Å². The lowest BCUT2D eigenvalue weighted by Crippen LogP contribution is -2.62. The molecule has 6 aliphatic rings. The number of hydrogen-bond donors (Lipinski definition) is 4. The Morgan fingerprint density at radius 1 is 0.891 bits per heavy atom. The second kappa shape index (κ2) is 16.0. The van der Waals surface area contributed by atoms with E-state index in [-0.39, 0.29) is 65.3 Å². The maximum Gasteiger partial charge on any atom is 0.315 e. The number of nitrogens with zero attached hydrogens (tertiary/aromatic N) is 2. The van der Waals surface area contributed by atoms with Crippen LogP contribution in [0.3, 0.4) is 0 Å². The summed E-state index contributed by atoms with van der Waals surface area (Å²) in [5.74, 6) is -2.58. The molecule has 2 aliphatic heterocycles. The Bertz CT molecular complexity index is 1530. The Labute approximate surface area is 326 Å². The van der Waals surface area contributed by atoms with Crippen LogP contribution in [0.2, 0.25) is 0 Å². The summed E-state index contributed by atoms with van der Waals surface area (Å²) in [5, 5.41) is 11.5. The summed E-state index contributed by atoms with van der Waals surface area (Å²) < 4.78 is 0. The third kappa shape index (κ3) is 8.95. The van der Waals surface area contributed by atoms with Crippen LogP contribution in [0.15, 0.2) is 12.7 Å². The maximum atomic E-state index is 14.8. The second-order valence-corrected chi connectivity index (χ2v) is 19.4. The molecule has 13 heteroatoms. The van der Waals surface area contributed by atoms with Gasteiger partial charge in [-0.2, -0.15) is 0 Å². The molecule has 2 saturated heterocycles. The van der Waals surface area contributed by atoms with E-state index in [4.69, 9.17) is 0 Å². The van der Waals surface area contributed by atoms with Gasteiger partial charge in [-0.1, -0.05) is 85.6 Å². The molecule has 1 unspecified atom stereocenters. The van der Waals surface area contributed by atoms with Crippen molar-refractivity contribution in [2.24, 2.45) is 39.9 Å². The second-order valence-electron chi connectivity index (χ2n) is 19.4. The van der Waals surface area contributed by atoms with Gasteiger partial charge < -0.3 is 26.2 Å². The first-order valence-corrected chi connectivity index (χ1v) is 20.9. The number of Topliss-reactive ketones (excluding diaryl/α,β-unsaturated/α-hetero) is 1. The quantitative estimate of drug-likeness (QED) is 0.118. The molecule has 0 radical (unpaired) electrons. The first-order valence-electron chi connectivity index (χ1n) is 20.9. The van der Waals surface area contributed by atoms with E-state index in [0.29, 0.717) is 25.8 Å². The lowest BCUT2D eigenvalue weighted by molar-refractivity contribution is -0.154. The summed E-state index contributed by atoms with van der Waals surface area (Å²) in [6.07, 6.45) is 12.6. The SMILES string of the molecule is C=CCNC(=O)C(=O)C(CC1CC1)NC(=O)[C@@H]1[C@@H]2[C@H](CN1C(=O)[C@@H](NC(=O)N[C@H](CN1C(=O)CC3(CCCC3)CC1=O)C(C)(C)C)C1CCCCC1)C2(C)C. The van der Waals surface area contributed by atoms with Gasteiger partial charge in [-0.3, -0.25) is 33.7 Å². The van der Waals surface area contributed by atoms with Crippen molar-refractivity contribution in [3.05, 3.63) is 12.7 Å². The lowest BCUT2D eigenvalue weighted by atomic mass is 9.76. The number of carbonyl (C=O) groups excluding carboxylic acids is 7. The van der Waals surface area contributed by atoms with Crippen LogP contribution in [0.4, 0.5) is 4.79 Å². The average molecular weight is 765 g/mol. The van der Waals surface area contributed by atoms with E-state index >= 15 is 0 Å². The molecular formula is C42H64N6O7. The molecule has 4 saturated carbocycles. The monoisotopic (exact) mass is 764 g/mol. The molecule has 0 bridgehead atoms. The van der Waals surface area contributed by atoms with E-state index in [1.54, 1.807) is 4.90 Å². The number of ketones is 1. The summed E-state index contributed by atoms with van der Waals surface area (Å²) in [4.78, 5) is 98.7. The molecule has 4 N–H and O–H groups in total. The number of imide groups is 1. The van der Waals surface area contributed by atoms with E-state index in [0.717, 1.165) is 70.6 Å². The van der Waals surface area contributed by atoms with Gasteiger partial charge in [0.1, 0.15) is 12.1 Å². The van der Waals surface area contributed by atoms with E-state index in [2.05, 4.69) is 41.7 Å². The molecule has 13 nitrogen and oxygen atoms in total. The van der Waals surface area contributed by atoms with Gasteiger partial charge in [-0.15, -0.1) is 6.58 Å². The highest BCUT2D eigenvalue weighted by molar-refractivity contribution is 6.38. The number of carbonyl (C=O) groups is 7. The van der Waals surface area contributed by atoms with Crippen LogP contribution in [-0.2, 0) is 28.8 Å². The molecule has 0 aromatic heterocycles. The number of likely N-dealkylation sites (tertiary alicyclic amines) is 2. The number of fused-ring (bicyclic) bond motifs is 1. The topological polar surface area (TPSA) is 174 Å². The molecule has 6 atom stereocenters. The number of rotatable bonds is 14. The van der Waals surface area contributed by atoms with Crippen molar-refractivity contribution in [2.45, 2.75) is 149 Å². The van der Waals surface area contributed by atoms with Gasteiger partial charge in [-0.05, 0) is 72.0 Å². The fourth-order valence-electron chi connectivity index (χ4n) is 10.2. The highest BCUT2D eigenvalue weighted by atomic mass is 16.2. The third-order valence-corrected chi connectivity index (χ3v) is 14.0. The highest BCUT2D eigenvalue weighted by Gasteiger charge is 2.70. The van der Waals surface area contributed by atoms with Crippen molar-refractivity contribution in [1.82, 2.24) is 31.1 Å². The number of nitrogens with one attached hydrogen (secondary N) is 4. The zero-order chi connectivity index (χ0) is 39.9. The van der Waals surface area contributed by atoms with Gasteiger partial charge in [0.2, 0.25) is 29.4 Å². The van der Waals surface area contributed by atoms with Crippen LogP contribution < -0.4 is 21.3 Å². The van der Waals surface area contributed by atoms with Crippen molar-refractivity contribution in [2.75, 3.05) is 19.6 Å². The predicted molar refractivity (Wildman–Crippen MR) is 206 cm³/mol. The summed E-state index contributed by atoms with van der Waals surface area (Å²) in [6.45, 7) is 14.1. The number of hydrogen-bond acceptors (Lipinski definition) is 7. The van der Waals surface area contributed by atoms with Crippen LogP contribution in [0, 0.1) is 39.9 Å². The summed E-state index contributed by atoms with van der Waals surface area (Å²) in [5.41, 5.74) is -0.942. The normalized spacial score (nSPS) is 27.5. The molecule has 0 aromatic carbocycles. The fraction of sp³-hybridized carbons (Fsp3) is 0.786. The minimum Gasteiger partial charge on any atom is -0.346 e. The zero-order valence-electron chi connectivity index (χ0n) is 33.7. The number of amides is 7. The van der Waals surface area contributed by atoms with Crippen LogP contribution in [0.5, 0.6) is 0 Å². The molecule has 6 fully saturated rings. The van der Waals surface area contributed by atoms with Gasteiger partial charge in [0, 0.05) is 32.5 Å². The molecule has 6 rings (SSSR count). The molecule has 2 heterocycles. The third-order valence-electron chi connectivity index (χ3n) is 14.0. The molecule has 7 amide bonds. The Morgan fingerprint density at radius 2 is 1.53 bits per heavy atom. The average Bonchev–Trinajstić information content (AvgIpc) is 3.89. The standard InChI is InChI=1S/C42H64N6O7/c1-7-19-43-37(53)35(51)28(20-25-15-16-25)44-36(52)34-32-27(41(32,5)6)23-48(34)38(54)33(26-13-9-8-10-14-26)46-39(55)45-29(40(2,3)4)24-47-30(49)21-42(22-31(47)50)17-11-12-18-42/h7,25-29,32-34H,1,8-24H2,2-6H3,(H,43,53)(H,44,52)(H2,45,46,55)/t27-,28?,29+,32-,33-,34-/m0/s1. The Kier molecular flexibility index (Phi) is 11.9. The molecule has 0 aromatic rings. The molecule has 55 heavy (non-hydrogen) atoms. The molecular weight excluding hydrogens is 700 g/mol. The fourth-order valence-corrected chi connectivity index (χ4v) is 10.2. The molecule has 1 spiro atoms. The van der Waals surface area contributed by atoms with Crippen molar-refractivity contribution in [1.29, 1.82) is 0 Å². The van der Waals surface area contributed by atoms with Crippen molar-refractivity contribution in [3.8, 4) is 0 Å². The van der Waals surface area contributed by atoms with E-state index < -0.39 is 53.2 Å². The Balaban J connectivity index is 1.18. The highest BCUT2D eigenvalue weighted by Crippen LogP contribution is 2.65. The van der Waals surface area contributed by atoms with Crippen molar-refractivity contribution in [3.63, 3.8) is 0 Å². The van der Waals surface area contributed by atoms with Gasteiger partial charge >= 0.3 is 6.03 Å². The van der Waals surface area contributed by atoms with Crippen LogP contribution >= 0.6 is 0 Å². The minimum absolute atomic E-state index is 0.0475. The van der Waals surface area contributed by atoms with E-state index in [1.165, 1.54) is 11.0 Å². The summed E-state index contributed by atoms with van der Waals surface area (Å²) in [6, 6.07) is -3.89. The largest absolute Gasteiger partial charge is 0.346 e. The predicted octanol–water partition coefficient (Wildman–Crippen LogP) is 4.00. The van der Waals surface area contributed by atoms with Crippen molar-refractivity contribution < 1.29 is 33.6 Å². The molecule has 304 valence electrons. The maximum absolute atomic E-state index is 14.8. The van der Waals surface area contributed by atoms with Crippen molar-refractivity contribution >= 4 is 41.4 Å². The lowest BCUT2D eigenvalue weighted by Gasteiger charge is -2.41. The first-order chi connectivity index (χ1) is 26.0. The number of urea groups is 1. The minimum atomic E-state index is -1.00. The van der Waals surface area contributed by atoms with Gasteiger partial charge in [0.25, 0.3) is 5.91 Å². The zero-order valence-corrected chi connectivity index (χ0v) is 33.7. The van der Waals surface area contributed by atoms with E-state index in [1.807, 2.05) is 20.8 Å². The van der Waals surface area contributed by atoms with E-state index in [9.17, 15) is 33.6 Å². The Morgan fingerprint density at radius 3 is 2.11 bits per heavy atom. The summed E-state index contributed by atoms with van der Waals surface area (Å²) in [7, 11) is 0. The Hall–Kier alpha value is -3.77. The summed E-state index contributed by atoms with van der Waals surface area (Å²) >= 11 is 0. The first kappa shape index (κ1) is 40.9. The van der Waals surface area contributed by atoms with Crippen LogP contribution in [0.25, 0.3) is 0 Å².